The van der Waals surface area contributed by atoms with Gasteiger partial charge in [-0.3, -0.25) is 9.59 Å². The zero-order valence-corrected chi connectivity index (χ0v) is 18.8. The van der Waals surface area contributed by atoms with Crippen LogP contribution in [0, 0.1) is 0 Å². The van der Waals surface area contributed by atoms with Crippen LogP contribution in [0.15, 0.2) is 64.0 Å². The van der Waals surface area contributed by atoms with Crippen molar-refractivity contribution in [2.75, 3.05) is 19.6 Å². The van der Waals surface area contributed by atoms with Crippen LogP contribution in [0.3, 0.4) is 0 Å². The van der Waals surface area contributed by atoms with Crippen molar-refractivity contribution >= 4 is 37.8 Å². The van der Waals surface area contributed by atoms with Crippen LogP contribution in [0.2, 0.25) is 0 Å². The van der Waals surface area contributed by atoms with Gasteiger partial charge in [0.25, 0.3) is 5.91 Å². The molecule has 0 saturated carbocycles. The summed E-state index contributed by atoms with van der Waals surface area (Å²) in [4.78, 5) is 24.8. The minimum atomic E-state index is -3.73. The first kappa shape index (κ1) is 22.5. The second-order valence-corrected chi connectivity index (χ2v) is 9.80. The Labute approximate surface area is 185 Å². The van der Waals surface area contributed by atoms with E-state index in [1.807, 2.05) is 6.07 Å². The van der Waals surface area contributed by atoms with Crippen LogP contribution in [-0.2, 0) is 14.8 Å². The summed E-state index contributed by atoms with van der Waals surface area (Å²) in [5, 5.41) is 5.60. The topological polar surface area (TPSA) is 95.6 Å². The van der Waals surface area contributed by atoms with Crippen molar-refractivity contribution in [3.63, 3.8) is 0 Å². The number of carbonyl (C=O) groups excluding carboxylic acids is 2. The van der Waals surface area contributed by atoms with E-state index in [4.69, 9.17) is 0 Å². The lowest BCUT2D eigenvalue weighted by Gasteiger charge is -2.23. The molecule has 2 aromatic rings. The maximum absolute atomic E-state index is 12.9. The molecule has 1 saturated heterocycles. The van der Waals surface area contributed by atoms with Gasteiger partial charge in [-0.05, 0) is 55.7 Å². The van der Waals surface area contributed by atoms with Gasteiger partial charge in [-0.2, -0.15) is 4.31 Å². The van der Waals surface area contributed by atoms with E-state index in [1.165, 1.54) is 16.4 Å². The molecule has 0 radical (unpaired) electrons. The Morgan fingerprint density at radius 2 is 1.67 bits per heavy atom. The molecule has 2 amide bonds. The molecular formula is C21H24BrN3O4S. The van der Waals surface area contributed by atoms with Crippen molar-refractivity contribution in [2.24, 2.45) is 0 Å². The van der Waals surface area contributed by atoms with Crippen molar-refractivity contribution in [3.8, 4) is 0 Å². The summed E-state index contributed by atoms with van der Waals surface area (Å²) in [5.74, 6) is -0.466. The van der Waals surface area contributed by atoms with Gasteiger partial charge in [0.1, 0.15) is 6.04 Å². The monoisotopic (exact) mass is 493 g/mol. The van der Waals surface area contributed by atoms with Crippen LogP contribution in [-0.4, -0.2) is 50.2 Å². The van der Waals surface area contributed by atoms with Gasteiger partial charge >= 0.3 is 0 Å². The third kappa shape index (κ3) is 5.47. The van der Waals surface area contributed by atoms with Gasteiger partial charge < -0.3 is 10.6 Å². The molecule has 7 nitrogen and oxygen atoms in total. The van der Waals surface area contributed by atoms with Crippen LogP contribution >= 0.6 is 15.9 Å². The average molecular weight is 494 g/mol. The minimum absolute atomic E-state index is 0.163. The van der Waals surface area contributed by atoms with Crippen molar-refractivity contribution in [1.82, 2.24) is 14.9 Å². The van der Waals surface area contributed by atoms with Crippen molar-refractivity contribution in [1.29, 1.82) is 0 Å². The molecule has 1 heterocycles. The van der Waals surface area contributed by atoms with E-state index in [-0.39, 0.29) is 16.7 Å². The number of sulfonamides is 1. The number of amides is 2. The molecule has 0 aromatic heterocycles. The molecule has 1 aliphatic heterocycles. The summed E-state index contributed by atoms with van der Waals surface area (Å²) in [7, 11) is -3.73. The molecule has 0 unspecified atom stereocenters. The van der Waals surface area contributed by atoms with Gasteiger partial charge in [0, 0.05) is 29.7 Å². The van der Waals surface area contributed by atoms with E-state index < -0.39 is 16.1 Å². The van der Waals surface area contributed by atoms with Crippen molar-refractivity contribution < 1.29 is 18.0 Å². The maximum Gasteiger partial charge on any atom is 0.251 e. The fraction of sp³-hybridized carbons (Fsp3) is 0.333. The number of halogens is 1. The highest BCUT2D eigenvalue weighted by molar-refractivity contribution is 9.10. The van der Waals surface area contributed by atoms with E-state index in [2.05, 4.69) is 26.6 Å². The largest absolute Gasteiger partial charge is 0.355 e. The number of carbonyl (C=O) groups is 2. The molecule has 1 aliphatic rings. The summed E-state index contributed by atoms with van der Waals surface area (Å²) in [5.41, 5.74) is 0.585. The Morgan fingerprint density at radius 1 is 1.00 bits per heavy atom. The van der Waals surface area contributed by atoms with Gasteiger partial charge in [0.2, 0.25) is 15.9 Å². The molecule has 1 atom stereocenters. The van der Waals surface area contributed by atoms with Crippen LogP contribution in [0.25, 0.3) is 0 Å². The molecule has 3 rings (SSSR count). The number of rotatable bonds is 8. The third-order valence-electron chi connectivity index (χ3n) is 4.90. The van der Waals surface area contributed by atoms with E-state index in [0.29, 0.717) is 44.5 Å². The smallest absolute Gasteiger partial charge is 0.251 e. The summed E-state index contributed by atoms with van der Waals surface area (Å²) < 4.78 is 27.9. The van der Waals surface area contributed by atoms with Gasteiger partial charge in [0.05, 0.1) is 4.90 Å². The summed E-state index contributed by atoms with van der Waals surface area (Å²) in [6, 6.07) is 14.6. The molecular weight excluding hydrogens is 470 g/mol. The van der Waals surface area contributed by atoms with E-state index in [1.54, 1.807) is 36.4 Å². The molecule has 2 aromatic carbocycles. The maximum atomic E-state index is 12.9. The Balaban J connectivity index is 1.49. The molecule has 9 heteroatoms. The molecule has 1 fully saturated rings. The molecule has 2 N–H and O–H groups in total. The molecule has 0 aliphatic carbocycles. The number of nitrogens with zero attached hydrogens (tertiary/aromatic N) is 1. The predicted molar refractivity (Wildman–Crippen MR) is 117 cm³/mol. The third-order valence-corrected chi connectivity index (χ3v) is 7.35. The number of hydrogen-bond acceptors (Lipinski definition) is 4. The Hall–Kier alpha value is -2.23. The summed E-state index contributed by atoms with van der Waals surface area (Å²) in [6.07, 6.45) is 1.68. The van der Waals surface area contributed by atoms with Crippen LogP contribution in [0.4, 0.5) is 0 Å². The van der Waals surface area contributed by atoms with Crippen LogP contribution in [0.1, 0.15) is 29.6 Å². The normalized spacial score (nSPS) is 16.9. The van der Waals surface area contributed by atoms with Gasteiger partial charge in [0.15, 0.2) is 0 Å². The fourth-order valence-corrected chi connectivity index (χ4v) is 5.26. The zero-order valence-electron chi connectivity index (χ0n) is 16.4. The quantitative estimate of drug-likeness (QED) is 0.552. The minimum Gasteiger partial charge on any atom is -0.355 e. The van der Waals surface area contributed by atoms with E-state index in [9.17, 15) is 18.0 Å². The standard InChI is InChI=1S/C21H24BrN3O4S/c22-17-9-11-18(12-10-17)30(28,29)25-15-4-8-19(25)21(27)24-14-5-13-23-20(26)16-6-2-1-3-7-16/h1-3,6-7,9-12,19H,4-5,8,13-15H2,(H,23,26)(H,24,27)/t19-/m1/s1. The second-order valence-electron chi connectivity index (χ2n) is 6.99. The molecule has 160 valence electrons. The first-order chi connectivity index (χ1) is 14.4. The lowest BCUT2D eigenvalue weighted by molar-refractivity contribution is -0.124. The van der Waals surface area contributed by atoms with Gasteiger partial charge in [-0.25, -0.2) is 8.42 Å². The highest BCUT2D eigenvalue weighted by Gasteiger charge is 2.39. The molecule has 30 heavy (non-hydrogen) atoms. The van der Waals surface area contributed by atoms with Gasteiger partial charge in [-0.1, -0.05) is 34.1 Å². The van der Waals surface area contributed by atoms with Crippen LogP contribution < -0.4 is 10.6 Å². The summed E-state index contributed by atoms with van der Waals surface area (Å²) >= 11 is 3.30. The van der Waals surface area contributed by atoms with E-state index in [0.717, 1.165) is 4.47 Å². The number of benzene rings is 2. The van der Waals surface area contributed by atoms with Crippen LogP contribution in [0.5, 0.6) is 0 Å². The lowest BCUT2D eigenvalue weighted by atomic mass is 10.2. The van der Waals surface area contributed by atoms with E-state index >= 15 is 0 Å². The highest BCUT2D eigenvalue weighted by atomic mass is 79.9. The molecule has 0 bridgehead atoms. The first-order valence-electron chi connectivity index (χ1n) is 9.78. The summed E-state index contributed by atoms with van der Waals surface area (Å²) in [6.45, 7) is 1.10. The average Bonchev–Trinajstić information content (AvgIpc) is 3.25. The SMILES string of the molecule is O=C(NCCCNC(=O)[C@H]1CCCN1S(=O)(=O)c1ccc(Br)cc1)c1ccccc1. The number of hydrogen-bond donors (Lipinski definition) is 2. The highest BCUT2D eigenvalue weighted by Crippen LogP contribution is 2.27. The first-order valence-corrected chi connectivity index (χ1v) is 12.0. The lowest BCUT2D eigenvalue weighted by Crippen LogP contribution is -2.46. The zero-order chi connectivity index (χ0) is 21.6. The second kappa shape index (κ2) is 10.2. The van der Waals surface area contributed by atoms with Crippen molar-refractivity contribution in [2.45, 2.75) is 30.2 Å². The Morgan fingerprint density at radius 3 is 2.37 bits per heavy atom. The fourth-order valence-electron chi connectivity index (χ4n) is 3.34. The van der Waals surface area contributed by atoms with Crippen molar-refractivity contribution in [3.05, 3.63) is 64.6 Å². The predicted octanol–water partition coefficient (Wildman–Crippen LogP) is 2.54. The molecule has 0 spiro atoms. The number of nitrogens with one attached hydrogen (secondary N) is 2. The Kier molecular flexibility index (Phi) is 7.63. The Bertz CT molecular complexity index is 981. The van der Waals surface area contributed by atoms with Gasteiger partial charge in [-0.15, -0.1) is 0 Å².